The Bertz CT molecular complexity index is 577. The first kappa shape index (κ1) is 15.4. The molecule has 0 radical (unpaired) electrons. The Morgan fingerprint density at radius 1 is 1.30 bits per heavy atom. The van der Waals surface area contributed by atoms with E-state index in [0.717, 1.165) is 5.56 Å². The van der Waals surface area contributed by atoms with Gasteiger partial charge in [0.1, 0.15) is 0 Å². The number of hydrazine groups is 1. The van der Waals surface area contributed by atoms with Crippen LogP contribution in [0, 0.1) is 13.8 Å². The summed E-state index contributed by atoms with van der Waals surface area (Å²) in [5, 5.41) is 0. The van der Waals surface area contributed by atoms with E-state index in [9.17, 15) is 14.4 Å². The van der Waals surface area contributed by atoms with Crippen molar-refractivity contribution in [3.63, 3.8) is 0 Å². The fourth-order valence-electron chi connectivity index (χ4n) is 1.72. The van der Waals surface area contributed by atoms with Crippen LogP contribution in [0.4, 0.5) is 10.5 Å². The Morgan fingerprint density at radius 2 is 2.00 bits per heavy atom. The van der Waals surface area contributed by atoms with Gasteiger partial charge in [-0.05, 0) is 38.0 Å². The van der Waals surface area contributed by atoms with Gasteiger partial charge in [0.05, 0.1) is 17.9 Å². The molecule has 0 fully saturated rings. The number of isocyanates is 1. The average Bonchev–Trinajstić information content (AvgIpc) is 2.36. The maximum atomic E-state index is 12.0. The lowest BCUT2D eigenvalue weighted by Gasteiger charge is -2.11. The Kier molecular flexibility index (Phi) is 5.43. The lowest BCUT2D eigenvalue weighted by Crippen LogP contribution is -2.42. The minimum Gasteiger partial charge on any atom is -0.449 e. The molecule has 1 aromatic carbocycles. The Balaban J connectivity index is 2.97. The minimum absolute atomic E-state index is 0.186. The number of hydrogen-bond acceptors (Lipinski definition) is 5. The van der Waals surface area contributed by atoms with Gasteiger partial charge in [-0.1, -0.05) is 6.07 Å². The van der Waals surface area contributed by atoms with Crippen LogP contribution in [0.3, 0.4) is 0 Å². The van der Waals surface area contributed by atoms with Gasteiger partial charge in [-0.15, -0.1) is 0 Å². The van der Waals surface area contributed by atoms with E-state index in [2.05, 4.69) is 20.6 Å². The number of nitrogens with zero attached hydrogens (tertiary/aromatic N) is 1. The summed E-state index contributed by atoms with van der Waals surface area (Å²) in [4.78, 5) is 37.0. The lowest BCUT2D eigenvalue weighted by atomic mass is 10.0. The molecule has 0 spiro atoms. The highest BCUT2D eigenvalue weighted by Gasteiger charge is 2.16. The van der Waals surface area contributed by atoms with Gasteiger partial charge in [0.15, 0.2) is 0 Å². The van der Waals surface area contributed by atoms with Crippen LogP contribution in [0.1, 0.15) is 28.4 Å². The van der Waals surface area contributed by atoms with Crippen molar-refractivity contribution in [2.75, 3.05) is 6.61 Å². The molecular formula is C13H15N3O4. The van der Waals surface area contributed by atoms with E-state index >= 15 is 0 Å². The predicted molar refractivity (Wildman–Crippen MR) is 71.3 cm³/mol. The Hall–Kier alpha value is -2.66. The van der Waals surface area contributed by atoms with Crippen molar-refractivity contribution in [3.05, 3.63) is 28.8 Å². The largest absolute Gasteiger partial charge is 0.449 e. The van der Waals surface area contributed by atoms with Crippen molar-refractivity contribution < 1.29 is 19.1 Å². The number of benzene rings is 1. The number of aliphatic imine (C=N–C) groups is 1. The van der Waals surface area contributed by atoms with Crippen LogP contribution in [-0.2, 0) is 9.53 Å². The fraction of sp³-hybridized carbons (Fsp3) is 0.308. The molecule has 7 heteroatoms. The Labute approximate surface area is 116 Å². The summed E-state index contributed by atoms with van der Waals surface area (Å²) in [7, 11) is 0. The second-order valence-electron chi connectivity index (χ2n) is 3.98. The normalized spacial score (nSPS) is 9.35. The molecule has 1 rings (SSSR count). The average molecular weight is 277 g/mol. The van der Waals surface area contributed by atoms with E-state index in [0.29, 0.717) is 5.56 Å². The van der Waals surface area contributed by atoms with Crippen molar-refractivity contribution in [1.82, 2.24) is 10.9 Å². The molecular weight excluding hydrogens is 262 g/mol. The topological polar surface area (TPSA) is 96.9 Å². The van der Waals surface area contributed by atoms with Gasteiger partial charge >= 0.3 is 6.09 Å². The fourth-order valence-corrected chi connectivity index (χ4v) is 1.72. The SMILES string of the molecule is CCOC(=O)NNC(=O)c1c(C)cc(C)cc1N=C=O. The van der Waals surface area contributed by atoms with Crippen LogP contribution in [-0.4, -0.2) is 24.7 Å². The summed E-state index contributed by atoms with van der Waals surface area (Å²) in [6.45, 7) is 5.35. The molecule has 2 amide bonds. The van der Waals surface area contributed by atoms with Crippen LogP contribution < -0.4 is 10.9 Å². The van der Waals surface area contributed by atoms with Crippen molar-refractivity contribution in [3.8, 4) is 0 Å². The van der Waals surface area contributed by atoms with E-state index in [1.165, 1.54) is 6.08 Å². The Morgan fingerprint density at radius 3 is 2.60 bits per heavy atom. The van der Waals surface area contributed by atoms with E-state index in [1.807, 2.05) is 6.92 Å². The van der Waals surface area contributed by atoms with E-state index in [1.54, 1.807) is 26.0 Å². The molecule has 0 aliphatic heterocycles. The molecule has 0 unspecified atom stereocenters. The van der Waals surface area contributed by atoms with E-state index < -0.39 is 12.0 Å². The van der Waals surface area contributed by atoms with Gasteiger partial charge in [0, 0.05) is 0 Å². The summed E-state index contributed by atoms with van der Waals surface area (Å²) in [5.74, 6) is -0.593. The summed E-state index contributed by atoms with van der Waals surface area (Å²) in [6, 6.07) is 3.35. The van der Waals surface area contributed by atoms with Crippen molar-refractivity contribution in [1.29, 1.82) is 0 Å². The maximum Gasteiger partial charge on any atom is 0.426 e. The number of carbonyl (C=O) groups is 2. The van der Waals surface area contributed by atoms with Crippen molar-refractivity contribution in [2.24, 2.45) is 4.99 Å². The molecule has 20 heavy (non-hydrogen) atoms. The molecule has 7 nitrogen and oxygen atoms in total. The molecule has 0 aliphatic carbocycles. The summed E-state index contributed by atoms with van der Waals surface area (Å²) < 4.78 is 4.60. The number of rotatable bonds is 3. The number of aryl methyl sites for hydroxylation is 2. The second kappa shape index (κ2) is 7.06. The molecule has 2 N–H and O–H groups in total. The standard InChI is InChI=1S/C13H15N3O4/c1-4-20-13(19)16-15-12(18)11-9(3)5-8(2)6-10(11)14-7-17/h5-6H,4H2,1-3H3,(H,15,18)(H,16,19). The number of nitrogens with one attached hydrogen (secondary N) is 2. The van der Waals surface area contributed by atoms with E-state index in [4.69, 9.17) is 0 Å². The van der Waals surface area contributed by atoms with Gasteiger partial charge in [0.2, 0.25) is 6.08 Å². The van der Waals surface area contributed by atoms with Crippen LogP contribution in [0.2, 0.25) is 0 Å². The zero-order chi connectivity index (χ0) is 15.1. The van der Waals surface area contributed by atoms with Crippen LogP contribution in [0.25, 0.3) is 0 Å². The number of carbonyl (C=O) groups excluding carboxylic acids is 3. The smallest absolute Gasteiger partial charge is 0.426 e. The molecule has 1 aromatic rings. The first-order chi connectivity index (χ1) is 9.49. The predicted octanol–water partition coefficient (Wildman–Crippen LogP) is 1.66. The van der Waals surface area contributed by atoms with Crippen molar-refractivity contribution in [2.45, 2.75) is 20.8 Å². The first-order valence-corrected chi connectivity index (χ1v) is 5.91. The van der Waals surface area contributed by atoms with Gasteiger partial charge in [-0.3, -0.25) is 10.2 Å². The second-order valence-corrected chi connectivity index (χ2v) is 3.98. The lowest BCUT2D eigenvalue weighted by molar-refractivity contribution is 0.0913. The maximum absolute atomic E-state index is 12.0. The zero-order valence-corrected chi connectivity index (χ0v) is 11.4. The number of hydrogen-bond donors (Lipinski definition) is 2. The van der Waals surface area contributed by atoms with E-state index in [-0.39, 0.29) is 17.9 Å². The monoisotopic (exact) mass is 277 g/mol. The molecule has 0 atom stereocenters. The number of amides is 2. The summed E-state index contributed by atoms with van der Waals surface area (Å²) in [5.41, 5.74) is 6.15. The van der Waals surface area contributed by atoms with Gasteiger partial charge in [0.25, 0.3) is 5.91 Å². The van der Waals surface area contributed by atoms with Gasteiger partial charge < -0.3 is 4.74 Å². The third kappa shape index (κ3) is 3.93. The highest BCUT2D eigenvalue weighted by Crippen LogP contribution is 2.24. The molecule has 106 valence electrons. The molecule has 0 heterocycles. The van der Waals surface area contributed by atoms with Crippen LogP contribution in [0.15, 0.2) is 17.1 Å². The summed E-state index contributed by atoms with van der Waals surface area (Å²) >= 11 is 0. The quantitative estimate of drug-likeness (QED) is 0.499. The third-order valence-corrected chi connectivity index (χ3v) is 2.41. The molecule has 0 saturated heterocycles. The van der Waals surface area contributed by atoms with Gasteiger partial charge in [-0.25, -0.2) is 15.0 Å². The third-order valence-electron chi connectivity index (χ3n) is 2.41. The van der Waals surface area contributed by atoms with Crippen molar-refractivity contribution >= 4 is 23.8 Å². The van der Waals surface area contributed by atoms with Crippen LogP contribution >= 0.6 is 0 Å². The number of ether oxygens (including phenoxy) is 1. The minimum atomic E-state index is -0.772. The summed E-state index contributed by atoms with van der Waals surface area (Å²) in [6.07, 6.45) is 0.630. The molecule has 0 aromatic heterocycles. The highest BCUT2D eigenvalue weighted by atomic mass is 16.5. The first-order valence-electron chi connectivity index (χ1n) is 5.91. The zero-order valence-electron chi connectivity index (χ0n) is 11.4. The molecule has 0 bridgehead atoms. The van der Waals surface area contributed by atoms with Gasteiger partial charge in [-0.2, -0.15) is 4.99 Å². The van der Waals surface area contributed by atoms with Crippen LogP contribution in [0.5, 0.6) is 0 Å². The molecule has 0 saturated carbocycles. The molecule has 0 aliphatic rings. The highest BCUT2D eigenvalue weighted by molar-refractivity contribution is 6.01.